The van der Waals surface area contributed by atoms with Gasteiger partial charge < -0.3 is 19.2 Å². The van der Waals surface area contributed by atoms with E-state index in [0.717, 1.165) is 41.6 Å². The minimum atomic E-state index is -1.07. The Labute approximate surface area is 209 Å². The van der Waals surface area contributed by atoms with Gasteiger partial charge in [0.1, 0.15) is 17.7 Å². The summed E-state index contributed by atoms with van der Waals surface area (Å²) in [5.41, 5.74) is 4.31. The summed E-state index contributed by atoms with van der Waals surface area (Å²) in [6.07, 6.45) is 4.33. The maximum absolute atomic E-state index is 13.4. The molecule has 3 aromatic carbocycles. The number of nitrogens with zero attached hydrogens (tertiary/aromatic N) is 2. The Kier molecular flexibility index (Phi) is 6.80. The number of rotatable bonds is 7. The van der Waals surface area contributed by atoms with Gasteiger partial charge in [-0.15, -0.1) is 0 Å². The van der Waals surface area contributed by atoms with Crippen LogP contribution in [0.25, 0.3) is 22.6 Å². The number of piperidine rings is 1. The molecular weight excluding hydrogens is 456 g/mol. The molecule has 36 heavy (non-hydrogen) atoms. The summed E-state index contributed by atoms with van der Waals surface area (Å²) in [7, 11) is 0. The molecule has 1 aromatic heterocycles. The zero-order valence-corrected chi connectivity index (χ0v) is 19.7. The Morgan fingerprint density at radius 1 is 0.944 bits per heavy atom. The molecule has 2 heterocycles. The lowest BCUT2D eigenvalue weighted by Gasteiger charge is -2.34. The zero-order chi connectivity index (χ0) is 24.9. The Bertz CT molecular complexity index is 1350. The Morgan fingerprint density at radius 3 is 2.47 bits per heavy atom. The van der Waals surface area contributed by atoms with Crippen molar-refractivity contribution in [2.24, 2.45) is 0 Å². The molecule has 1 N–H and O–H groups in total. The highest BCUT2D eigenvalue weighted by Crippen LogP contribution is 2.34. The topological polar surface area (TPSA) is 92.9 Å². The standard InChI is InChI=1S/C29H26N2O5/c32-27(33)19-35-24-10-6-9-23(17-24)29(34)31-16-5-4-11-26(31)25-18-36-28(30-25)22-14-12-21(13-15-22)20-7-2-1-3-8-20/h1-3,6-10,12-15,17-18,26H,4-5,11,16,19H2,(H,32,33). The molecule has 0 radical (unpaired) electrons. The van der Waals surface area contributed by atoms with Crippen LogP contribution in [0.5, 0.6) is 5.75 Å². The highest BCUT2D eigenvalue weighted by atomic mass is 16.5. The average Bonchev–Trinajstić information content (AvgIpc) is 3.42. The fourth-order valence-corrected chi connectivity index (χ4v) is 4.52. The van der Waals surface area contributed by atoms with Gasteiger partial charge in [-0.1, -0.05) is 48.5 Å². The highest BCUT2D eigenvalue weighted by molar-refractivity contribution is 5.95. The van der Waals surface area contributed by atoms with Gasteiger partial charge in [-0.05, 0) is 60.7 Å². The number of carboxylic acids is 1. The second-order valence-electron chi connectivity index (χ2n) is 8.74. The maximum Gasteiger partial charge on any atom is 0.341 e. The summed E-state index contributed by atoms with van der Waals surface area (Å²) in [4.78, 5) is 30.8. The van der Waals surface area contributed by atoms with Gasteiger partial charge in [0.25, 0.3) is 5.91 Å². The van der Waals surface area contributed by atoms with E-state index < -0.39 is 12.6 Å². The predicted molar refractivity (Wildman–Crippen MR) is 135 cm³/mol. The van der Waals surface area contributed by atoms with Crippen LogP contribution >= 0.6 is 0 Å². The van der Waals surface area contributed by atoms with E-state index in [1.807, 2.05) is 47.4 Å². The van der Waals surface area contributed by atoms with Gasteiger partial charge in [0.05, 0.1) is 6.04 Å². The van der Waals surface area contributed by atoms with Crippen LogP contribution in [0.2, 0.25) is 0 Å². The second kappa shape index (κ2) is 10.5. The van der Waals surface area contributed by atoms with Crippen LogP contribution in [0, 0.1) is 0 Å². The highest BCUT2D eigenvalue weighted by Gasteiger charge is 2.31. The second-order valence-corrected chi connectivity index (χ2v) is 8.74. The lowest BCUT2D eigenvalue weighted by molar-refractivity contribution is -0.139. The van der Waals surface area contributed by atoms with Gasteiger partial charge >= 0.3 is 5.97 Å². The van der Waals surface area contributed by atoms with Crippen molar-refractivity contribution < 1.29 is 23.8 Å². The van der Waals surface area contributed by atoms with Gasteiger partial charge in [-0.25, -0.2) is 9.78 Å². The first-order valence-electron chi connectivity index (χ1n) is 12.0. The van der Waals surface area contributed by atoms with E-state index in [1.165, 1.54) is 0 Å². The normalized spacial score (nSPS) is 15.4. The molecule has 0 aliphatic carbocycles. The Balaban J connectivity index is 1.34. The largest absolute Gasteiger partial charge is 0.482 e. The van der Waals surface area contributed by atoms with Crippen molar-refractivity contribution in [3.8, 4) is 28.3 Å². The van der Waals surface area contributed by atoms with E-state index in [-0.39, 0.29) is 11.9 Å². The van der Waals surface area contributed by atoms with Gasteiger partial charge in [-0.3, -0.25) is 4.79 Å². The molecule has 0 saturated carbocycles. The van der Waals surface area contributed by atoms with Crippen molar-refractivity contribution in [2.45, 2.75) is 25.3 Å². The minimum absolute atomic E-state index is 0.141. The molecule has 1 amide bonds. The predicted octanol–water partition coefficient (Wildman–Crippen LogP) is 5.84. The van der Waals surface area contributed by atoms with E-state index in [4.69, 9.17) is 19.2 Å². The van der Waals surface area contributed by atoms with E-state index >= 15 is 0 Å². The number of amides is 1. The van der Waals surface area contributed by atoms with Crippen molar-refractivity contribution in [3.05, 3.63) is 96.4 Å². The van der Waals surface area contributed by atoms with Crippen LogP contribution in [-0.4, -0.2) is 40.0 Å². The molecule has 1 aliphatic heterocycles. The Hall–Kier alpha value is -4.39. The van der Waals surface area contributed by atoms with Crippen molar-refractivity contribution in [3.63, 3.8) is 0 Å². The van der Waals surface area contributed by atoms with E-state index in [2.05, 4.69) is 12.1 Å². The monoisotopic (exact) mass is 482 g/mol. The first kappa shape index (κ1) is 23.4. The molecule has 5 rings (SSSR count). The summed E-state index contributed by atoms with van der Waals surface area (Å²) in [5.74, 6) is -0.345. The van der Waals surface area contributed by atoms with E-state index in [1.54, 1.807) is 30.5 Å². The molecule has 1 unspecified atom stereocenters. The molecule has 0 bridgehead atoms. The van der Waals surface area contributed by atoms with Crippen molar-refractivity contribution >= 4 is 11.9 Å². The lowest BCUT2D eigenvalue weighted by Crippen LogP contribution is -2.38. The number of benzene rings is 3. The first-order valence-corrected chi connectivity index (χ1v) is 12.0. The molecule has 4 aromatic rings. The number of carbonyl (C=O) groups excluding carboxylic acids is 1. The number of carboxylic acid groups (broad SMARTS) is 1. The third-order valence-electron chi connectivity index (χ3n) is 6.31. The number of oxazole rings is 1. The third kappa shape index (κ3) is 5.15. The zero-order valence-electron chi connectivity index (χ0n) is 19.7. The molecular formula is C29H26N2O5. The van der Waals surface area contributed by atoms with Crippen molar-refractivity contribution in [1.82, 2.24) is 9.88 Å². The molecule has 0 spiro atoms. The van der Waals surface area contributed by atoms with Gasteiger partial charge in [0.2, 0.25) is 5.89 Å². The fourth-order valence-electron chi connectivity index (χ4n) is 4.52. The molecule has 1 atom stereocenters. The van der Waals surface area contributed by atoms with Gasteiger partial charge in [-0.2, -0.15) is 0 Å². The molecule has 182 valence electrons. The summed E-state index contributed by atoms with van der Waals surface area (Å²) in [6.45, 7) is 0.149. The lowest BCUT2D eigenvalue weighted by atomic mass is 9.98. The Morgan fingerprint density at radius 2 is 1.69 bits per heavy atom. The molecule has 1 aliphatic rings. The SMILES string of the molecule is O=C(O)COc1cccc(C(=O)N2CCCCC2c2coc(-c3ccc(-c4ccccc4)cc3)n2)c1. The molecule has 1 saturated heterocycles. The number of hydrogen-bond donors (Lipinski definition) is 1. The van der Waals surface area contributed by atoms with E-state index in [0.29, 0.717) is 23.7 Å². The van der Waals surface area contributed by atoms with Gasteiger partial charge in [0.15, 0.2) is 6.61 Å². The van der Waals surface area contributed by atoms with Crippen LogP contribution in [0.4, 0.5) is 0 Å². The quantitative estimate of drug-likeness (QED) is 0.356. The smallest absolute Gasteiger partial charge is 0.341 e. The van der Waals surface area contributed by atoms with Crippen molar-refractivity contribution in [2.75, 3.05) is 13.2 Å². The summed E-state index contributed by atoms with van der Waals surface area (Å²) in [6, 6.07) is 24.7. The summed E-state index contributed by atoms with van der Waals surface area (Å²) < 4.78 is 11.1. The van der Waals surface area contributed by atoms with E-state index in [9.17, 15) is 9.59 Å². The minimum Gasteiger partial charge on any atom is -0.482 e. The maximum atomic E-state index is 13.4. The number of ether oxygens (including phenoxy) is 1. The first-order chi connectivity index (χ1) is 17.6. The van der Waals surface area contributed by atoms with Crippen LogP contribution < -0.4 is 4.74 Å². The fraction of sp³-hybridized carbons (Fsp3) is 0.207. The average molecular weight is 483 g/mol. The van der Waals surface area contributed by atoms with Crippen LogP contribution in [0.15, 0.2) is 89.5 Å². The molecule has 1 fully saturated rings. The number of hydrogen-bond acceptors (Lipinski definition) is 5. The molecule has 7 heteroatoms. The number of aliphatic carboxylic acids is 1. The number of carbonyl (C=O) groups is 2. The summed E-state index contributed by atoms with van der Waals surface area (Å²) in [5, 5.41) is 8.85. The number of likely N-dealkylation sites (tertiary alicyclic amines) is 1. The summed E-state index contributed by atoms with van der Waals surface area (Å²) >= 11 is 0. The van der Waals surface area contributed by atoms with Crippen LogP contribution in [-0.2, 0) is 4.79 Å². The molecule has 7 nitrogen and oxygen atoms in total. The van der Waals surface area contributed by atoms with Crippen LogP contribution in [0.1, 0.15) is 41.4 Å². The number of aromatic nitrogens is 1. The third-order valence-corrected chi connectivity index (χ3v) is 6.31. The van der Waals surface area contributed by atoms with Crippen molar-refractivity contribution in [1.29, 1.82) is 0 Å². The van der Waals surface area contributed by atoms with Crippen LogP contribution in [0.3, 0.4) is 0 Å². The van der Waals surface area contributed by atoms with Gasteiger partial charge in [0, 0.05) is 17.7 Å².